The summed E-state index contributed by atoms with van der Waals surface area (Å²) in [6.07, 6.45) is 5.08. The number of amides is 4. The van der Waals surface area contributed by atoms with Gasteiger partial charge in [-0.25, -0.2) is 24.1 Å². The molecule has 5 atom stereocenters. The second kappa shape index (κ2) is 17.2. The second-order valence-corrected chi connectivity index (χ2v) is 16.6. The molecule has 2 aromatic heterocycles. The smallest absolute Gasteiger partial charge is 0.409 e. The Hall–Kier alpha value is -6.95. The lowest BCUT2D eigenvalue weighted by molar-refractivity contribution is -0.678. The van der Waals surface area contributed by atoms with Gasteiger partial charge in [-0.2, -0.15) is 0 Å². The summed E-state index contributed by atoms with van der Waals surface area (Å²) < 4.78 is 11.8. The molecule has 0 bridgehead atoms. The van der Waals surface area contributed by atoms with E-state index in [1.54, 1.807) is 25.2 Å². The van der Waals surface area contributed by atoms with Crippen LogP contribution in [0, 0.1) is 17.9 Å². The number of likely N-dealkylation sites (N-methyl/N-ethyl adjacent to an activating group) is 1. The van der Waals surface area contributed by atoms with E-state index in [4.69, 9.17) is 14.5 Å². The van der Waals surface area contributed by atoms with Gasteiger partial charge in [0.05, 0.1) is 44.9 Å². The number of aromatic nitrogens is 4. The third kappa shape index (κ3) is 7.76. The Labute approximate surface area is 360 Å². The number of anilines is 1. The van der Waals surface area contributed by atoms with E-state index in [9.17, 15) is 19.2 Å². The van der Waals surface area contributed by atoms with Crippen molar-refractivity contribution in [3.05, 3.63) is 107 Å². The zero-order valence-corrected chi connectivity index (χ0v) is 36.1. The van der Waals surface area contributed by atoms with Gasteiger partial charge >= 0.3 is 12.2 Å². The number of alkyl carbamates (subject to hydrolysis) is 1. The zero-order valence-electron chi connectivity index (χ0n) is 36.1. The molecule has 0 spiro atoms. The topological polar surface area (TPSA) is 161 Å². The molecule has 15 heteroatoms. The van der Waals surface area contributed by atoms with Crippen molar-refractivity contribution in [1.82, 2.24) is 30.1 Å². The number of hydrogen-bond acceptors (Lipinski definition) is 7. The third-order valence-electron chi connectivity index (χ3n) is 12.5. The highest BCUT2D eigenvalue weighted by Gasteiger charge is 2.46. The van der Waals surface area contributed by atoms with E-state index in [2.05, 4.69) is 86.9 Å². The number of ether oxygens (including phenoxy) is 2. The Morgan fingerprint density at radius 3 is 2.24 bits per heavy atom. The van der Waals surface area contributed by atoms with Crippen LogP contribution in [0.25, 0.3) is 38.5 Å². The summed E-state index contributed by atoms with van der Waals surface area (Å²) in [6, 6.07) is 23.9. The van der Waals surface area contributed by atoms with Gasteiger partial charge in [-0.1, -0.05) is 73.3 Å². The Kier molecular flexibility index (Phi) is 11.6. The molecule has 5 unspecified atom stereocenters. The molecule has 3 N–H and O–H groups in total. The first-order valence-corrected chi connectivity index (χ1v) is 21.0. The first kappa shape index (κ1) is 41.8. The Bertz CT molecular complexity index is 2570. The molecule has 15 nitrogen and oxygen atoms in total. The average Bonchev–Trinajstić information content (AvgIpc) is 4.08. The highest BCUT2D eigenvalue weighted by atomic mass is 16.5. The Balaban J connectivity index is 0.984. The first-order chi connectivity index (χ1) is 29.9. The van der Waals surface area contributed by atoms with Crippen LogP contribution in [0.15, 0.2) is 79.1 Å². The van der Waals surface area contributed by atoms with Gasteiger partial charge in [-0.15, -0.1) is 0 Å². The first-order valence-electron chi connectivity index (χ1n) is 21.0. The summed E-state index contributed by atoms with van der Waals surface area (Å²) in [6.45, 7) is 4.25. The molecule has 5 heterocycles. The van der Waals surface area contributed by atoms with Crippen molar-refractivity contribution in [2.45, 2.75) is 63.7 Å². The standard InChI is InChI=1S/C47H51N9O6/c1-27(2)40(54(5)47(60)62-7)45(58)55-25-28(23-48-3)21-38(55)42-49-24-36(50-42)31-15-11-29(12-16-31)30-13-17-32(18-14-30)37-26-53(4)43(51-37)39-22-34-10-8-9-33-19-20-35(52-46(59)61-6)44(57)56(39)41(33)34/h8-18,24,26-28,35,38-40H,19-22,25H2,1-7H3,(H-,49,50,52,59)/p+2. The van der Waals surface area contributed by atoms with Crippen molar-refractivity contribution in [3.63, 3.8) is 0 Å². The number of H-pyrrole nitrogens is 2. The molecule has 1 saturated heterocycles. The highest BCUT2D eigenvalue weighted by molar-refractivity contribution is 6.02. The minimum Gasteiger partial charge on any atom is -0.453 e. The van der Waals surface area contributed by atoms with Gasteiger partial charge in [-0.3, -0.25) is 19.4 Å². The van der Waals surface area contributed by atoms with Crippen LogP contribution in [0.1, 0.15) is 61.5 Å². The van der Waals surface area contributed by atoms with Gasteiger partial charge in [0.25, 0.3) is 24.8 Å². The minimum atomic E-state index is -0.709. The van der Waals surface area contributed by atoms with Crippen LogP contribution in [0.4, 0.5) is 15.3 Å². The molecule has 8 rings (SSSR count). The molecule has 3 aliphatic heterocycles. The van der Waals surface area contributed by atoms with Gasteiger partial charge < -0.3 is 24.7 Å². The van der Waals surface area contributed by atoms with Crippen LogP contribution in [-0.4, -0.2) is 95.7 Å². The fourth-order valence-electron chi connectivity index (χ4n) is 9.45. The van der Waals surface area contributed by atoms with Crippen LogP contribution in [0.5, 0.6) is 0 Å². The molecule has 320 valence electrons. The van der Waals surface area contributed by atoms with Gasteiger partial charge in [0, 0.05) is 25.6 Å². The summed E-state index contributed by atoms with van der Waals surface area (Å²) in [4.78, 5) is 73.8. The second-order valence-electron chi connectivity index (χ2n) is 16.6. The van der Waals surface area contributed by atoms with Crippen LogP contribution < -0.4 is 14.8 Å². The number of imidazole rings is 2. The quantitative estimate of drug-likeness (QED) is 0.144. The SMILES string of the molecule is C[N+]#CC1CC(c2ncc(-c3ccc(-c4ccc(-c5c[n+](C)c(C6Cc7cccc8c7N6C(=O)C(NC(=O)OC)CC8)[nH]5)cc4)cc3)[nH]2)N(C(=O)C(C(C)C)N(C)C(=O)OC)C1. The summed E-state index contributed by atoms with van der Waals surface area (Å²) in [7, 11) is 7.87. The fourth-order valence-corrected chi connectivity index (χ4v) is 9.45. The van der Waals surface area contributed by atoms with E-state index in [-0.39, 0.29) is 35.7 Å². The minimum absolute atomic E-state index is 0.0731. The van der Waals surface area contributed by atoms with E-state index in [0.717, 1.165) is 56.3 Å². The maximum Gasteiger partial charge on any atom is 0.409 e. The average molecular weight is 840 g/mol. The molecule has 0 radical (unpaired) electrons. The highest BCUT2D eigenvalue weighted by Crippen LogP contribution is 2.44. The summed E-state index contributed by atoms with van der Waals surface area (Å²) in [5.74, 6) is 1.02. The lowest BCUT2D eigenvalue weighted by Crippen LogP contribution is -2.52. The van der Waals surface area contributed by atoms with Crippen LogP contribution in [0.2, 0.25) is 0 Å². The van der Waals surface area contributed by atoms with Crippen LogP contribution >= 0.6 is 0 Å². The number of carbonyl (C=O) groups excluding carboxylic acids is 4. The lowest BCUT2D eigenvalue weighted by Gasteiger charge is -2.34. The Morgan fingerprint density at radius 2 is 1.60 bits per heavy atom. The van der Waals surface area contributed by atoms with Crippen molar-refractivity contribution in [2.24, 2.45) is 18.9 Å². The summed E-state index contributed by atoms with van der Waals surface area (Å²) >= 11 is 0. The summed E-state index contributed by atoms with van der Waals surface area (Å²) in [5.41, 5.74) is 8.96. The van der Waals surface area contributed by atoms with Gasteiger partial charge in [-0.05, 0) is 65.1 Å². The van der Waals surface area contributed by atoms with E-state index in [1.807, 2.05) is 42.6 Å². The number of aromatic amines is 2. The Morgan fingerprint density at radius 1 is 0.935 bits per heavy atom. The molecule has 5 aromatic rings. The van der Waals surface area contributed by atoms with E-state index in [1.165, 1.54) is 19.1 Å². The number of hydrogen-bond donors (Lipinski definition) is 3. The third-order valence-corrected chi connectivity index (χ3v) is 12.5. The number of methoxy groups -OCH3 is 2. The molecule has 4 amide bonds. The van der Waals surface area contributed by atoms with Gasteiger partial charge in [0.1, 0.15) is 36.1 Å². The van der Waals surface area contributed by atoms with E-state index in [0.29, 0.717) is 38.1 Å². The normalized spacial score (nSPS) is 19.6. The number of nitrogens with one attached hydrogen (secondary N) is 3. The molecule has 3 aromatic carbocycles. The van der Waals surface area contributed by atoms with Gasteiger partial charge in [0.15, 0.2) is 5.69 Å². The molecular weight excluding hydrogens is 787 g/mol. The maximum atomic E-state index is 14.1. The van der Waals surface area contributed by atoms with Gasteiger partial charge in [0.2, 0.25) is 5.91 Å². The van der Waals surface area contributed by atoms with Crippen molar-refractivity contribution >= 4 is 29.7 Å². The van der Waals surface area contributed by atoms with E-state index < -0.39 is 24.3 Å². The largest absolute Gasteiger partial charge is 0.453 e. The number of nitrogens with zero attached hydrogens (tertiary/aromatic N) is 6. The fraction of sp³-hybridized carbons (Fsp3) is 0.383. The van der Waals surface area contributed by atoms with E-state index >= 15 is 0 Å². The number of benzene rings is 3. The molecule has 3 aliphatic rings. The lowest BCUT2D eigenvalue weighted by atomic mass is 10.0. The number of likely N-dealkylation sites (tertiary alicyclic amines) is 1. The summed E-state index contributed by atoms with van der Waals surface area (Å²) in [5, 5.41) is 2.76. The molecule has 0 saturated carbocycles. The van der Waals surface area contributed by atoms with Crippen LogP contribution in [0.3, 0.4) is 0 Å². The number of para-hydroxylation sites is 1. The van der Waals surface area contributed by atoms with Crippen LogP contribution in [-0.2, 0) is 39.0 Å². The molecule has 62 heavy (non-hydrogen) atoms. The number of rotatable bonds is 9. The van der Waals surface area contributed by atoms with Crippen molar-refractivity contribution in [2.75, 3.05) is 39.8 Å². The molecular formula is C47H53N9O6+2. The predicted octanol–water partition coefficient (Wildman–Crippen LogP) is 6.44. The monoisotopic (exact) mass is 839 g/mol. The maximum absolute atomic E-state index is 14.1. The number of carbonyl (C=O) groups is 4. The molecule has 1 fully saturated rings. The van der Waals surface area contributed by atoms with Crippen molar-refractivity contribution in [3.8, 4) is 39.7 Å². The predicted molar refractivity (Wildman–Crippen MR) is 233 cm³/mol. The molecule has 0 aliphatic carbocycles. The van der Waals surface area contributed by atoms with Crippen molar-refractivity contribution < 1.29 is 33.2 Å². The number of aryl methyl sites for hydroxylation is 2. The zero-order chi connectivity index (χ0) is 43.8. The van der Waals surface area contributed by atoms with Crippen molar-refractivity contribution in [1.29, 1.82) is 0 Å².